The number of rotatable bonds is 8. The standard InChI is InChI=1S/C55H38N4/c1-4-12-39(13-5-1)40-19-26-46(27-20-40)58(48-30-23-42(24-31-48)51-18-10-11-36-56-51)47-28-21-41(22-29-47)43-25-32-53-50(38-43)55-49-35-37-57(44-14-6-2-7-15-44)52(49)33-34-54(55)59(53)45-16-8-3-9-17-45/h1-38H. The number of hydrogen-bond donors (Lipinski definition) is 0. The number of para-hydroxylation sites is 2. The lowest BCUT2D eigenvalue weighted by Crippen LogP contribution is -2.09. The number of hydrogen-bond acceptors (Lipinski definition) is 2. The lowest BCUT2D eigenvalue weighted by atomic mass is 10.0. The van der Waals surface area contributed by atoms with Gasteiger partial charge >= 0.3 is 0 Å². The molecule has 11 aromatic rings. The van der Waals surface area contributed by atoms with Gasteiger partial charge in [0.05, 0.1) is 22.2 Å². The monoisotopic (exact) mass is 754 g/mol. The third-order valence-corrected chi connectivity index (χ3v) is 11.4. The molecule has 59 heavy (non-hydrogen) atoms. The lowest BCUT2D eigenvalue weighted by molar-refractivity contribution is 1.13. The summed E-state index contributed by atoms with van der Waals surface area (Å²) < 4.78 is 4.69. The van der Waals surface area contributed by atoms with Gasteiger partial charge in [0.2, 0.25) is 0 Å². The molecule has 0 bridgehead atoms. The normalized spacial score (nSPS) is 11.4. The Labute approximate surface area is 343 Å². The van der Waals surface area contributed by atoms with E-state index in [1.165, 1.54) is 49.4 Å². The van der Waals surface area contributed by atoms with E-state index >= 15 is 0 Å². The molecule has 0 amide bonds. The predicted octanol–water partition coefficient (Wildman–Crippen LogP) is 14.6. The first-order valence-electron chi connectivity index (χ1n) is 20.0. The molecule has 0 spiro atoms. The average molecular weight is 755 g/mol. The molecule has 11 rings (SSSR count). The zero-order valence-corrected chi connectivity index (χ0v) is 32.2. The van der Waals surface area contributed by atoms with Gasteiger partial charge in [0.15, 0.2) is 0 Å². The molecule has 0 atom stereocenters. The summed E-state index contributed by atoms with van der Waals surface area (Å²) in [5.41, 5.74) is 15.9. The summed E-state index contributed by atoms with van der Waals surface area (Å²) in [6.45, 7) is 0. The Bertz CT molecular complexity index is 3120. The Hall–Kier alpha value is -7.95. The lowest BCUT2D eigenvalue weighted by Gasteiger charge is -2.26. The molecule has 8 aromatic carbocycles. The van der Waals surface area contributed by atoms with Gasteiger partial charge in [0.1, 0.15) is 0 Å². The maximum Gasteiger partial charge on any atom is 0.0701 e. The van der Waals surface area contributed by atoms with Crippen molar-refractivity contribution in [2.45, 2.75) is 0 Å². The highest BCUT2D eigenvalue weighted by Gasteiger charge is 2.19. The van der Waals surface area contributed by atoms with Gasteiger partial charge in [-0.2, -0.15) is 0 Å². The van der Waals surface area contributed by atoms with Gasteiger partial charge in [0, 0.05) is 62.6 Å². The molecule has 0 aliphatic rings. The minimum atomic E-state index is 0.959. The molecular formula is C55H38N4. The molecule has 3 heterocycles. The van der Waals surface area contributed by atoms with Crippen molar-refractivity contribution in [3.8, 4) is 44.9 Å². The second-order valence-electron chi connectivity index (χ2n) is 14.9. The fourth-order valence-corrected chi connectivity index (χ4v) is 8.58. The van der Waals surface area contributed by atoms with Crippen molar-refractivity contribution in [2.24, 2.45) is 0 Å². The molecular weight excluding hydrogens is 717 g/mol. The third kappa shape index (κ3) is 6.15. The van der Waals surface area contributed by atoms with Crippen LogP contribution in [0.3, 0.4) is 0 Å². The number of fused-ring (bicyclic) bond motifs is 5. The summed E-state index contributed by atoms with van der Waals surface area (Å²) in [6, 6.07) is 78.1. The van der Waals surface area contributed by atoms with Crippen molar-refractivity contribution in [3.63, 3.8) is 0 Å². The van der Waals surface area contributed by atoms with Gasteiger partial charge < -0.3 is 14.0 Å². The maximum atomic E-state index is 4.58. The molecule has 0 aliphatic carbocycles. The first-order chi connectivity index (χ1) is 29.3. The minimum absolute atomic E-state index is 0.959. The van der Waals surface area contributed by atoms with Crippen LogP contribution in [0.1, 0.15) is 0 Å². The fourth-order valence-electron chi connectivity index (χ4n) is 8.58. The van der Waals surface area contributed by atoms with E-state index in [4.69, 9.17) is 0 Å². The SMILES string of the molecule is c1ccc(-c2ccc(N(c3ccc(-c4ccc5c(c4)c4c6ccn(-c7ccccc7)c6ccc4n5-c4ccccc4)cc3)c3ccc(-c4ccccn4)cc3)cc2)cc1. The molecule has 0 fully saturated rings. The first kappa shape index (κ1) is 34.3. The second-order valence-corrected chi connectivity index (χ2v) is 14.9. The zero-order chi connectivity index (χ0) is 39.1. The molecule has 3 aromatic heterocycles. The Balaban J connectivity index is 1.02. The molecule has 0 radical (unpaired) electrons. The predicted molar refractivity (Wildman–Crippen MR) is 246 cm³/mol. The van der Waals surface area contributed by atoms with Crippen molar-refractivity contribution in [1.29, 1.82) is 0 Å². The first-order valence-corrected chi connectivity index (χ1v) is 20.0. The number of nitrogens with zero attached hydrogens (tertiary/aromatic N) is 4. The number of pyridine rings is 1. The molecule has 0 aliphatic heterocycles. The van der Waals surface area contributed by atoms with E-state index in [0.717, 1.165) is 45.3 Å². The smallest absolute Gasteiger partial charge is 0.0701 e. The van der Waals surface area contributed by atoms with E-state index in [-0.39, 0.29) is 0 Å². The average Bonchev–Trinajstić information content (AvgIpc) is 3.90. The Morgan fingerprint density at radius 1 is 0.356 bits per heavy atom. The molecule has 0 unspecified atom stereocenters. The largest absolute Gasteiger partial charge is 0.317 e. The van der Waals surface area contributed by atoms with Gasteiger partial charge in [-0.15, -0.1) is 0 Å². The van der Waals surface area contributed by atoms with E-state index in [0.29, 0.717) is 0 Å². The molecule has 4 heteroatoms. The fraction of sp³-hybridized carbons (Fsp3) is 0. The van der Waals surface area contributed by atoms with Crippen molar-refractivity contribution < 1.29 is 0 Å². The van der Waals surface area contributed by atoms with Crippen LogP contribution in [0.4, 0.5) is 17.1 Å². The summed E-state index contributed by atoms with van der Waals surface area (Å²) in [6.07, 6.45) is 4.04. The van der Waals surface area contributed by atoms with E-state index in [2.05, 4.69) is 225 Å². The van der Waals surface area contributed by atoms with Gasteiger partial charge in [-0.1, -0.05) is 115 Å². The van der Waals surface area contributed by atoms with Crippen LogP contribution < -0.4 is 4.90 Å². The summed E-state index contributed by atoms with van der Waals surface area (Å²) in [4.78, 5) is 6.91. The van der Waals surface area contributed by atoms with Crippen LogP contribution in [0, 0.1) is 0 Å². The van der Waals surface area contributed by atoms with Crippen LogP contribution in [0.2, 0.25) is 0 Å². The number of anilines is 3. The topological polar surface area (TPSA) is 26.0 Å². The van der Waals surface area contributed by atoms with Crippen LogP contribution in [-0.4, -0.2) is 14.1 Å². The van der Waals surface area contributed by atoms with Gasteiger partial charge in [0.25, 0.3) is 0 Å². The van der Waals surface area contributed by atoms with Crippen LogP contribution in [0.5, 0.6) is 0 Å². The molecule has 0 saturated heterocycles. The van der Waals surface area contributed by atoms with E-state index in [9.17, 15) is 0 Å². The second kappa shape index (κ2) is 14.5. The summed E-state index contributed by atoms with van der Waals surface area (Å²) in [7, 11) is 0. The van der Waals surface area contributed by atoms with Gasteiger partial charge in [-0.25, -0.2) is 0 Å². The molecule has 4 nitrogen and oxygen atoms in total. The minimum Gasteiger partial charge on any atom is -0.317 e. The van der Waals surface area contributed by atoms with Crippen LogP contribution in [0.15, 0.2) is 231 Å². The zero-order valence-electron chi connectivity index (χ0n) is 32.2. The Morgan fingerprint density at radius 2 is 0.864 bits per heavy atom. The van der Waals surface area contributed by atoms with Crippen LogP contribution in [-0.2, 0) is 0 Å². The van der Waals surface area contributed by atoms with E-state index < -0.39 is 0 Å². The summed E-state index contributed by atoms with van der Waals surface area (Å²) >= 11 is 0. The summed E-state index contributed by atoms with van der Waals surface area (Å²) in [5.74, 6) is 0. The van der Waals surface area contributed by atoms with Crippen molar-refractivity contribution >= 4 is 49.8 Å². The highest BCUT2D eigenvalue weighted by atomic mass is 15.1. The van der Waals surface area contributed by atoms with Gasteiger partial charge in [-0.05, 0) is 125 Å². The third-order valence-electron chi connectivity index (χ3n) is 11.4. The Morgan fingerprint density at radius 3 is 1.49 bits per heavy atom. The molecule has 278 valence electrons. The number of benzene rings is 8. The quantitative estimate of drug-likeness (QED) is 0.154. The number of aromatic nitrogens is 3. The maximum absolute atomic E-state index is 4.58. The molecule has 0 N–H and O–H groups in total. The van der Waals surface area contributed by atoms with Crippen molar-refractivity contribution in [3.05, 3.63) is 231 Å². The summed E-state index contributed by atoms with van der Waals surface area (Å²) in [5, 5.41) is 3.73. The van der Waals surface area contributed by atoms with E-state index in [1.54, 1.807) is 0 Å². The van der Waals surface area contributed by atoms with Crippen molar-refractivity contribution in [2.75, 3.05) is 4.90 Å². The Kier molecular flexibility index (Phi) is 8.45. The highest BCUT2D eigenvalue weighted by molar-refractivity contribution is 6.21. The van der Waals surface area contributed by atoms with Crippen LogP contribution >= 0.6 is 0 Å². The van der Waals surface area contributed by atoms with Crippen LogP contribution in [0.25, 0.3) is 77.6 Å². The van der Waals surface area contributed by atoms with Gasteiger partial charge in [-0.3, -0.25) is 4.98 Å². The van der Waals surface area contributed by atoms with E-state index in [1.807, 2.05) is 24.4 Å². The van der Waals surface area contributed by atoms with Crippen molar-refractivity contribution in [1.82, 2.24) is 14.1 Å². The highest BCUT2D eigenvalue weighted by Crippen LogP contribution is 2.41. The molecule has 0 saturated carbocycles.